The number of methoxy groups -OCH3 is 1. The SMILES string of the molecule is CCc1cc(NCCCCOCCOC)ncn1. The molecule has 5 heteroatoms. The second kappa shape index (κ2) is 9.79. The maximum Gasteiger partial charge on any atom is 0.129 e. The Bertz CT molecular complexity index is 321. The van der Waals surface area contributed by atoms with Gasteiger partial charge in [0.15, 0.2) is 0 Å². The number of hydrogen-bond donors (Lipinski definition) is 1. The van der Waals surface area contributed by atoms with E-state index in [1.807, 2.05) is 6.07 Å². The minimum atomic E-state index is 0.666. The average Bonchev–Trinajstić information content (AvgIpc) is 2.42. The summed E-state index contributed by atoms with van der Waals surface area (Å²) in [6.07, 6.45) is 4.65. The molecule has 0 saturated heterocycles. The predicted molar refractivity (Wildman–Crippen MR) is 71.8 cm³/mol. The molecule has 0 aromatic carbocycles. The van der Waals surface area contributed by atoms with Crippen LogP contribution in [0.1, 0.15) is 25.5 Å². The average molecular weight is 253 g/mol. The minimum absolute atomic E-state index is 0.666. The standard InChI is InChI=1S/C13H23N3O2/c1-3-12-10-13(16-11-15-12)14-6-4-5-7-18-9-8-17-2/h10-11H,3-9H2,1-2H3,(H,14,15,16). The van der Waals surface area contributed by atoms with Crippen LogP contribution in [0.4, 0.5) is 5.82 Å². The summed E-state index contributed by atoms with van der Waals surface area (Å²) in [6.45, 7) is 5.13. The van der Waals surface area contributed by atoms with Crippen molar-refractivity contribution in [2.24, 2.45) is 0 Å². The molecular weight excluding hydrogens is 230 g/mol. The summed E-state index contributed by atoms with van der Waals surface area (Å²) in [5.41, 5.74) is 1.07. The third kappa shape index (κ3) is 6.51. The van der Waals surface area contributed by atoms with Crippen molar-refractivity contribution < 1.29 is 9.47 Å². The van der Waals surface area contributed by atoms with Gasteiger partial charge >= 0.3 is 0 Å². The zero-order valence-electron chi connectivity index (χ0n) is 11.3. The Morgan fingerprint density at radius 1 is 1.17 bits per heavy atom. The van der Waals surface area contributed by atoms with E-state index in [0.717, 1.165) is 43.9 Å². The van der Waals surface area contributed by atoms with Gasteiger partial charge in [0.1, 0.15) is 12.1 Å². The fraction of sp³-hybridized carbons (Fsp3) is 0.692. The molecule has 1 rings (SSSR count). The molecule has 0 radical (unpaired) electrons. The Morgan fingerprint density at radius 3 is 2.83 bits per heavy atom. The third-order valence-electron chi connectivity index (χ3n) is 2.54. The van der Waals surface area contributed by atoms with Gasteiger partial charge in [0, 0.05) is 32.0 Å². The van der Waals surface area contributed by atoms with Crippen LogP contribution in [-0.2, 0) is 15.9 Å². The van der Waals surface area contributed by atoms with Gasteiger partial charge in [0.05, 0.1) is 13.2 Å². The molecule has 102 valence electrons. The van der Waals surface area contributed by atoms with E-state index in [9.17, 15) is 0 Å². The van der Waals surface area contributed by atoms with Gasteiger partial charge in [-0.2, -0.15) is 0 Å². The lowest BCUT2D eigenvalue weighted by Crippen LogP contribution is -2.07. The number of unbranched alkanes of at least 4 members (excludes halogenated alkanes) is 1. The van der Waals surface area contributed by atoms with Gasteiger partial charge in [-0.15, -0.1) is 0 Å². The van der Waals surface area contributed by atoms with Crippen LogP contribution in [-0.4, -0.2) is 43.4 Å². The maximum absolute atomic E-state index is 5.38. The number of anilines is 1. The Morgan fingerprint density at radius 2 is 2.06 bits per heavy atom. The molecule has 1 N–H and O–H groups in total. The lowest BCUT2D eigenvalue weighted by Gasteiger charge is -2.06. The summed E-state index contributed by atoms with van der Waals surface area (Å²) in [7, 11) is 1.68. The molecule has 0 aliphatic heterocycles. The normalized spacial score (nSPS) is 10.6. The lowest BCUT2D eigenvalue weighted by molar-refractivity contribution is 0.0691. The van der Waals surface area contributed by atoms with Crippen molar-refractivity contribution in [2.45, 2.75) is 26.2 Å². The summed E-state index contributed by atoms with van der Waals surface area (Å²) in [5, 5.41) is 3.29. The first-order valence-corrected chi connectivity index (χ1v) is 6.48. The Hall–Kier alpha value is -1.20. The van der Waals surface area contributed by atoms with E-state index in [-0.39, 0.29) is 0 Å². The third-order valence-corrected chi connectivity index (χ3v) is 2.54. The Kier molecular flexibility index (Phi) is 8.08. The number of nitrogens with one attached hydrogen (secondary N) is 1. The van der Waals surface area contributed by atoms with Crippen LogP contribution in [0.3, 0.4) is 0 Å². The molecule has 0 spiro atoms. The quantitative estimate of drug-likeness (QED) is 0.645. The first-order chi connectivity index (χ1) is 8.86. The van der Waals surface area contributed by atoms with Crippen LogP contribution < -0.4 is 5.32 Å². The second-order valence-electron chi connectivity index (χ2n) is 3.99. The van der Waals surface area contributed by atoms with E-state index >= 15 is 0 Å². The molecule has 1 aromatic rings. The van der Waals surface area contributed by atoms with Gasteiger partial charge in [-0.1, -0.05) is 6.92 Å². The summed E-state index contributed by atoms with van der Waals surface area (Å²) in [5.74, 6) is 0.905. The smallest absolute Gasteiger partial charge is 0.129 e. The van der Waals surface area contributed by atoms with E-state index in [2.05, 4.69) is 22.2 Å². The van der Waals surface area contributed by atoms with E-state index in [1.165, 1.54) is 0 Å². The molecule has 0 bridgehead atoms. The van der Waals surface area contributed by atoms with Crippen LogP contribution in [0.25, 0.3) is 0 Å². The topological polar surface area (TPSA) is 56.3 Å². The van der Waals surface area contributed by atoms with Crippen LogP contribution in [0.15, 0.2) is 12.4 Å². The van der Waals surface area contributed by atoms with Crippen LogP contribution in [0.2, 0.25) is 0 Å². The van der Waals surface area contributed by atoms with Gasteiger partial charge in [0.25, 0.3) is 0 Å². The highest BCUT2D eigenvalue weighted by Crippen LogP contribution is 2.04. The van der Waals surface area contributed by atoms with Gasteiger partial charge in [-0.3, -0.25) is 0 Å². The summed E-state index contributed by atoms with van der Waals surface area (Å²) >= 11 is 0. The van der Waals surface area contributed by atoms with Crippen molar-refractivity contribution in [1.29, 1.82) is 0 Å². The minimum Gasteiger partial charge on any atom is -0.382 e. The van der Waals surface area contributed by atoms with Crippen LogP contribution in [0.5, 0.6) is 0 Å². The van der Waals surface area contributed by atoms with E-state index in [4.69, 9.17) is 9.47 Å². The van der Waals surface area contributed by atoms with Crippen LogP contribution >= 0.6 is 0 Å². The Labute approximate surface area is 109 Å². The second-order valence-corrected chi connectivity index (χ2v) is 3.99. The van der Waals surface area contributed by atoms with Gasteiger partial charge in [-0.25, -0.2) is 9.97 Å². The van der Waals surface area contributed by atoms with Gasteiger partial charge < -0.3 is 14.8 Å². The molecule has 0 saturated carbocycles. The van der Waals surface area contributed by atoms with Crippen molar-refractivity contribution in [1.82, 2.24) is 9.97 Å². The highest BCUT2D eigenvalue weighted by molar-refractivity contribution is 5.34. The molecule has 0 amide bonds. The molecule has 1 aromatic heterocycles. The fourth-order valence-electron chi connectivity index (χ4n) is 1.48. The summed E-state index contributed by atoms with van der Waals surface area (Å²) in [6, 6.07) is 2.00. The number of rotatable bonds is 10. The molecule has 5 nitrogen and oxygen atoms in total. The number of aromatic nitrogens is 2. The first kappa shape index (κ1) is 14.9. The van der Waals surface area contributed by atoms with Crippen LogP contribution in [0, 0.1) is 0 Å². The van der Waals surface area contributed by atoms with E-state index < -0.39 is 0 Å². The van der Waals surface area contributed by atoms with Gasteiger partial charge in [0.2, 0.25) is 0 Å². The van der Waals surface area contributed by atoms with Crippen molar-refractivity contribution in [2.75, 3.05) is 38.8 Å². The molecule has 0 aliphatic rings. The zero-order valence-corrected chi connectivity index (χ0v) is 11.3. The molecule has 0 atom stereocenters. The van der Waals surface area contributed by atoms with Crippen molar-refractivity contribution in [3.05, 3.63) is 18.1 Å². The largest absolute Gasteiger partial charge is 0.382 e. The first-order valence-electron chi connectivity index (χ1n) is 6.48. The number of ether oxygens (including phenoxy) is 2. The molecule has 0 aliphatic carbocycles. The molecule has 18 heavy (non-hydrogen) atoms. The van der Waals surface area contributed by atoms with Crippen molar-refractivity contribution in [3.63, 3.8) is 0 Å². The van der Waals surface area contributed by atoms with Crippen molar-refractivity contribution in [3.8, 4) is 0 Å². The highest BCUT2D eigenvalue weighted by Gasteiger charge is 1.96. The monoisotopic (exact) mass is 253 g/mol. The number of aryl methyl sites for hydroxylation is 1. The van der Waals surface area contributed by atoms with Gasteiger partial charge in [-0.05, 0) is 19.3 Å². The lowest BCUT2D eigenvalue weighted by atomic mass is 10.3. The number of nitrogens with zero attached hydrogens (tertiary/aromatic N) is 2. The number of hydrogen-bond acceptors (Lipinski definition) is 5. The molecule has 0 fully saturated rings. The fourth-order valence-corrected chi connectivity index (χ4v) is 1.48. The summed E-state index contributed by atoms with van der Waals surface area (Å²) in [4.78, 5) is 8.34. The maximum atomic E-state index is 5.38. The molecule has 1 heterocycles. The zero-order chi connectivity index (χ0) is 13.1. The van der Waals surface area contributed by atoms with E-state index in [0.29, 0.717) is 13.2 Å². The Balaban J connectivity index is 2.03. The highest BCUT2D eigenvalue weighted by atomic mass is 16.5. The predicted octanol–water partition coefficient (Wildman–Crippen LogP) is 1.89. The molecular formula is C13H23N3O2. The summed E-state index contributed by atoms with van der Waals surface area (Å²) < 4.78 is 10.3. The van der Waals surface area contributed by atoms with Crippen molar-refractivity contribution >= 4 is 5.82 Å². The molecule has 0 unspecified atom stereocenters. The van der Waals surface area contributed by atoms with E-state index in [1.54, 1.807) is 13.4 Å².